The first-order chi connectivity index (χ1) is 10.2. The quantitative estimate of drug-likeness (QED) is 0.768. The van der Waals surface area contributed by atoms with Crippen LogP contribution in [0.5, 0.6) is 0 Å². The van der Waals surface area contributed by atoms with Gasteiger partial charge < -0.3 is 5.32 Å². The van der Waals surface area contributed by atoms with Crippen LogP contribution in [0.1, 0.15) is 15.9 Å². The number of hydrogen-bond acceptors (Lipinski definition) is 2. The zero-order valence-corrected chi connectivity index (χ0v) is 11.6. The Labute approximate surface area is 122 Å². The third-order valence-corrected chi connectivity index (χ3v) is 3.29. The number of carbonyl (C=O) groups excluding carboxylic acids is 1. The number of amides is 1. The number of carbonyl (C=O) groups is 1. The average molecular weight is 277 g/mol. The number of anilines is 1. The smallest absolute Gasteiger partial charge is 0.255 e. The van der Waals surface area contributed by atoms with Gasteiger partial charge in [-0.05, 0) is 36.8 Å². The Morgan fingerprint density at radius 1 is 1.00 bits per heavy atom. The standard InChI is InChI=1S/C17H15N3O/c1-12-2-8-16(9-3-12)20-17(21)14-6-4-13(5-7-14)15-10-18-19-11-15/h2-11H,1H3,(H,18,19)(H,20,21). The normalized spacial score (nSPS) is 10.3. The van der Waals surface area contributed by atoms with Crippen molar-refractivity contribution in [3.63, 3.8) is 0 Å². The van der Waals surface area contributed by atoms with Crippen LogP contribution in [-0.4, -0.2) is 16.1 Å². The Hall–Kier alpha value is -2.88. The number of aromatic nitrogens is 2. The van der Waals surface area contributed by atoms with E-state index in [4.69, 9.17) is 0 Å². The summed E-state index contributed by atoms with van der Waals surface area (Å²) in [4.78, 5) is 12.2. The van der Waals surface area contributed by atoms with Crippen molar-refractivity contribution in [2.45, 2.75) is 6.92 Å². The molecule has 3 rings (SSSR count). The summed E-state index contributed by atoms with van der Waals surface area (Å²) in [6, 6.07) is 15.2. The van der Waals surface area contributed by atoms with Crippen LogP contribution in [0, 0.1) is 6.92 Å². The van der Waals surface area contributed by atoms with E-state index < -0.39 is 0 Å². The molecule has 0 aliphatic rings. The summed E-state index contributed by atoms with van der Waals surface area (Å²) in [5.41, 5.74) is 4.61. The van der Waals surface area contributed by atoms with Gasteiger partial charge in [-0.3, -0.25) is 9.89 Å². The largest absolute Gasteiger partial charge is 0.322 e. The Morgan fingerprint density at radius 3 is 2.33 bits per heavy atom. The number of H-pyrrole nitrogens is 1. The number of rotatable bonds is 3. The van der Waals surface area contributed by atoms with Gasteiger partial charge in [-0.15, -0.1) is 0 Å². The number of nitrogens with zero attached hydrogens (tertiary/aromatic N) is 1. The van der Waals surface area contributed by atoms with Gasteiger partial charge in [0.05, 0.1) is 6.20 Å². The second-order valence-electron chi connectivity index (χ2n) is 4.88. The number of hydrogen-bond donors (Lipinski definition) is 2. The van der Waals surface area contributed by atoms with E-state index >= 15 is 0 Å². The summed E-state index contributed by atoms with van der Waals surface area (Å²) in [7, 11) is 0. The van der Waals surface area contributed by atoms with Crippen LogP contribution in [-0.2, 0) is 0 Å². The molecule has 1 amide bonds. The van der Waals surface area contributed by atoms with Gasteiger partial charge in [-0.25, -0.2) is 0 Å². The molecular weight excluding hydrogens is 262 g/mol. The SMILES string of the molecule is Cc1ccc(NC(=O)c2ccc(-c3cn[nH]c3)cc2)cc1. The third-order valence-electron chi connectivity index (χ3n) is 3.29. The van der Waals surface area contributed by atoms with Gasteiger partial charge >= 0.3 is 0 Å². The lowest BCUT2D eigenvalue weighted by Crippen LogP contribution is -2.11. The summed E-state index contributed by atoms with van der Waals surface area (Å²) in [5.74, 6) is -0.113. The van der Waals surface area contributed by atoms with E-state index in [-0.39, 0.29) is 5.91 Å². The van der Waals surface area contributed by atoms with E-state index in [0.717, 1.165) is 22.4 Å². The molecular formula is C17H15N3O. The van der Waals surface area contributed by atoms with Gasteiger partial charge in [-0.2, -0.15) is 5.10 Å². The van der Waals surface area contributed by atoms with Crippen molar-refractivity contribution >= 4 is 11.6 Å². The van der Waals surface area contributed by atoms with Crippen molar-refractivity contribution in [2.24, 2.45) is 0 Å². The molecule has 3 aromatic rings. The maximum atomic E-state index is 12.2. The Bertz CT molecular complexity index is 729. The minimum Gasteiger partial charge on any atom is -0.322 e. The predicted molar refractivity (Wildman–Crippen MR) is 83.2 cm³/mol. The van der Waals surface area contributed by atoms with E-state index in [9.17, 15) is 4.79 Å². The molecule has 0 bridgehead atoms. The first-order valence-corrected chi connectivity index (χ1v) is 6.69. The molecule has 1 heterocycles. The second kappa shape index (κ2) is 5.63. The lowest BCUT2D eigenvalue weighted by atomic mass is 10.1. The highest BCUT2D eigenvalue weighted by Gasteiger charge is 2.06. The Balaban J connectivity index is 1.74. The molecule has 2 N–H and O–H groups in total. The van der Waals surface area contributed by atoms with Crippen molar-refractivity contribution in [3.05, 3.63) is 72.1 Å². The predicted octanol–water partition coefficient (Wildman–Crippen LogP) is 3.64. The molecule has 0 fully saturated rings. The molecule has 0 saturated heterocycles. The molecule has 0 radical (unpaired) electrons. The second-order valence-corrected chi connectivity index (χ2v) is 4.88. The minimum atomic E-state index is -0.113. The van der Waals surface area contributed by atoms with Crippen molar-refractivity contribution in [3.8, 4) is 11.1 Å². The van der Waals surface area contributed by atoms with Crippen LogP contribution in [0.3, 0.4) is 0 Å². The summed E-state index contributed by atoms with van der Waals surface area (Å²) < 4.78 is 0. The molecule has 0 saturated carbocycles. The number of nitrogens with one attached hydrogen (secondary N) is 2. The number of aromatic amines is 1. The molecule has 21 heavy (non-hydrogen) atoms. The van der Waals surface area contributed by atoms with E-state index in [2.05, 4.69) is 15.5 Å². The summed E-state index contributed by atoms with van der Waals surface area (Å²) >= 11 is 0. The van der Waals surface area contributed by atoms with E-state index in [1.807, 2.05) is 61.7 Å². The highest BCUT2D eigenvalue weighted by molar-refractivity contribution is 6.04. The molecule has 0 aliphatic carbocycles. The van der Waals surface area contributed by atoms with Crippen LogP contribution >= 0.6 is 0 Å². The fraction of sp³-hybridized carbons (Fsp3) is 0.0588. The minimum absolute atomic E-state index is 0.113. The molecule has 0 unspecified atom stereocenters. The lowest BCUT2D eigenvalue weighted by molar-refractivity contribution is 0.102. The molecule has 0 atom stereocenters. The molecule has 2 aromatic carbocycles. The van der Waals surface area contributed by atoms with Gasteiger partial charge in [0, 0.05) is 23.0 Å². The van der Waals surface area contributed by atoms with Crippen molar-refractivity contribution in [1.82, 2.24) is 10.2 Å². The fourth-order valence-electron chi connectivity index (χ4n) is 2.06. The van der Waals surface area contributed by atoms with Crippen molar-refractivity contribution in [2.75, 3.05) is 5.32 Å². The van der Waals surface area contributed by atoms with Gasteiger partial charge in [0.15, 0.2) is 0 Å². The number of benzene rings is 2. The van der Waals surface area contributed by atoms with E-state index in [0.29, 0.717) is 5.56 Å². The molecule has 1 aromatic heterocycles. The summed E-state index contributed by atoms with van der Waals surface area (Å²) in [6.45, 7) is 2.01. The first-order valence-electron chi connectivity index (χ1n) is 6.69. The highest BCUT2D eigenvalue weighted by Crippen LogP contribution is 2.18. The summed E-state index contributed by atoms with van der Waals surface area (Å²) in [5, 5.41) is 9.57. The van der Waals surface area contributed by atoms with Gasteiger partial charge in [-0.1, -0.05) is 29.8 Å². The molecule has 4 nitrogen and oxygen atoms in total. The average Bonchev–Trinajstić information content (AvgIpc) is 3.04. The Morgan fingerprint density at radius 2 is 1.71 bits per heavy atom. The van der Waals surface area contributed by atoms with Gasteiger partial charge in [0.1, 0.15) is 0 Å². The first kappa shape index (κ1) is 13.1. The van der Waals surface area contributed by atoms with E-state index in [1.54, 1.807) is 6.20 Å². The maximum absolute atomic E-state index is 12.2. The fourth-order valence-corrected chi connectivity index (χ4v) is 2.06. The van der Waals surface area contributed by atoms with Gasteiger partial charge in [0.2, 0.25) is 0 Å². The molecule has 0 spiro atoms. The monoisotopic (exact) mass is 277 g/mol. The van der Waals surface area contributed by atoms with Crippen LogP contribution in [0.2, 0.25) is 0 Å². The zero-order valence-electron chi connectivity index (χ0n) is 11.6. The van der Waals surface area contributed by atoms with Crippen LogP contribution < -0.4 is 5.32 Å². The van der Waals surface area contributed by atoms with Crippen LogP contribution in [0.15, 0.2) is 60.9 Å². The molecule has 104 valence electrons. The maximum Gasteiger partial charge on any atom is 0.255 e. The third kappa shape index (κ3) is 3.00. The highest BCUT2D eigenvalue weighted by atomic mass is 16.1. The molecule has 0 aliphatic heterocycles. The van der Waals surface area contributed by atoms with Crippen LogP contribution in [0.25, 0.3) is 11.1 Å². The zero-order chi connectivity index (χ0) is 14.7. The van der Waals surface area contributed by atoms with Crippen molar-refractivity contribution < 1.29 is 4.79 Å². The number of aryl methyl sites for hydroxylation is 1. The van der Waals surface area contributed by atoms with Crippen molar-refractivity contribution in [1.29, 1.82) is 0 Å². The Kier molecular flexibility index (Phi) is 3.51. The topological polar surface area (TPSA) is 57.8 Å². The lowest BCUT2D eigenvalue weighted by Gasteiger charge is -2.06. The van der Waals surface area contributed by atoms with Crippen LogP contribution in [0.4, 0.5) is 5.69 Å². The van der Waals surface area contributed by atoms with E-state index in [1.165, 1.54) is 0 Å². The summed E-state index contributed by atoms with van der Waals surface area (Å²) in [6.07, 6.45) is 3.57. The van der Waals surface area contributed by atoms with Gasteiger partial charge in [0.25, 0.3) is 5.91 Å². The molecule has 4 heteroatoms.